The van der Waals surface area contributed by atoms with Gasteiger partial charge in [-0.15, -0.1) is 0 Å². The third kappa shape index (κ3) is 5.28. The Morgan fingerprint density at radius 3 is 2.53 bits per heavy atom. The molecule has 1 unspecified atom stereocenters. The number of anilines is 4. The minimum Gasteiger partial charge on any atom is -0.462 e. The van der Waals surface area contributed by atoms with E-state index in [-0.39, 0.29) is 18.2 Å². The zero-order valence-electron chi connectivity index (χ0n) is 18.5. The minimum atomic E-state index is -0.389. The second kappa shape index (κ2) is 9.97. The number of aliphatic hydroxyl groups is 2. The van der Waals surface area contributed by atoms with Crippen LogP contribution in [0.3, 0.4) is 0 Å². The van der Waals surface area contributed by atoms with Crippen molar-refractivity contribution in [2.24, 2.45) is 0 Å². The fourth-order valence-corrected chi connectivity index (χ4v) is 4.85. The van der Waals surface area contributed by atoms with Gasteiger partial charge in [0.2, 0.25) is 5.95 Å². The third-order valence-electron chi connectivity index (χ3n) is 5.68. The predicted octanol–water partition coefficient (Wildman–Crippen LogP) is 2.08. The van der Waals surface area contributed by atoms with Crippen LogP contribution in [0.5, 0.6) is 0 Å². The van der Waals surface area contributed by atoms with Crippen LogP contribution in [0.2, 0.25) is 0 Å². The molecule has 0 amide bonds. The monoisotopic (exact) mass is 462 g/mol. The van der Waals surface area contributed by atoms with Gasteiger partial charge >= 0.3 is 5.97 Å². The Morgan fingerprint density at radius 2 is 1.84 bits per heavy atom. The summed E-state index contributed by atoms with van der Waals surface area (Å²) in [6.07, 6.45) is 2.42. The van der Waals surface area contributed by atoms with E-state index in [1.807, 2.05) is 6.07 Å². The van der Waals surface area contributed by atoms with E-state index < -0.39 is 0 Å². The van der Waals surface area contributed by atoms with Crippen LogP contribution in [0.4, 0.5) is 22.7 Å². The number of hydrogen-bond acceptors (Lipinski definition) is 11. The molecule has 2 saturated heterocycles. The van der Waals surface area contributed by atoms with E-state index in [1.54, 1.807) is 13.8 Å². The van der Waals surface area contributed by atoms with Crippen molar-refractivity contribution in [2.75, 3.05) is 47.9 Å². The van der Waals surface area contributed by atoms with Crippen molar-refractivity contribution >= 4 is 40.0 Å². The van der Waals surface area contributed by atoms with Crippen molar-refractivity contribution < 1.29 is 19.7 Å². The molecule has 4 rings (SSSR count). The summed E-state index contributed by atoms with van der Waals surface area (Å²) >= 11 is 1.21. The fraction of sp³-hybridized carbons (Fsp3) is 0.619. The smallest absolute Gasteiger partial charge is 0.350 e. The highest BCUT2D eigenvalue weighted by Crippen LogP contribution is 2.29. The first-order valence-corrected chi connectivity index (χ1v) is 11.9. The number of nitrogens with zero attached hydrogens (tertiary/aromatic N) is 5. The van der Waals surface area contributed by atoms with Gasteiger partial charge in [-0.05, 0) is 39.5 Å². The maximum atomic E-state index is 12.1. The van der Waals surface area contributed by atoms with Gasteiger partial charge in [-0.3, -0.25) is 5.32 Å². The van der Waals surface area contributed by atoms with Crippen molar-refractivity contribution in [1.82, 2.24) is 15.0 Å². The predicted molar refractivity (Wildman–Crippen MR) is 123 cm³/mol. The van der Waals surface area contributed by atoms with E-state index in [4.69, 9.17) is 9.72 Å². The van der Waals surface area contributed by atoms with E-state index in [0.717, 1.165) is 31.0 Å². The summed E-state index contributed by atoms with van der Waals surface area (Å²) in [7, 11) is 0. The summed E-state index contributed by atoms with van der Waals surface area (Å²) in [5.74, 6) is 1.50. The molecule has 0 bridgehead atoms. The van der Waals surface area contributed by atoms with Crippen molar-refractivity contribution in [3.63, 3.8) is 0 Å². The molecule has 1 atom stereocenters. The van der Waals surface area contributed by atoms with E-state index in [1.165, 1.54) is 11.3 Å². The van der Waals surface area contributed by atoms with Gasteiger partial charge in [0.25, 0.3) is 0 Å². The Morgan fingerprint density at radius 1 is 1.12 bits per heavy atom. The molecule has 2 aliphatic heterocycles. The second-order valence-electron chi connectivity index (χ2n) is 8.15. The molecule has 0 spiro atoms. The van der Waals surface area contributed by atoms with Crippen molar-refractivity contribution in [3.05, 3.63) is 16.6 Å². The van der Waals surface area contributed by atoms with Gasteiger partial charge in [0.15, 0.2) is 5.13 Å². The van der Waals surface area contributed by atoms with Crippen LogP contribution >= 0.6 is 11.3 Å². The number of esters is 1. The fourth-order valence-electron chi connectivity index (χ4n) is 3.99. The van der Waals surface area contributed by atoms with Crippen LogP contribution in [0.25, 0.3) is 0 Å². The molecule has 2 fully saturated rings. The van der Waals surface area contributed by atoms with Crippen LogP contribution in [0, 0.1) is 6.92 Å². The molecule has 32 heavy (non-hydrogen) atoms. The summed E-state index contributed by atoms with van der Waals surface area (Å²) in [5.41, 5.74) is 0.594. The minimum absolute atomic E-state index is 0.276. The van der Waals surface area contributed by atoms with Crippen LogP contribution < -0.4 is 15.1 Å². The topological polar surface area (TPSA) is 124 Å². The van der Waals surface area contributed by atoms with E-state index in [9.17, 15) is 15.0 Å². The number of nitrogens with one attached hydrogen (secondary N) is 1. The number of rotatable bonds is 6. The molecule has 0 aromatic carbocycles. The molecule has 2 aromatic heterocycles. The first-order valence-electron chi connectivity index (χ1n) is 11.1. The number of hydrogen-bond donors (Lipinski definition) is 3. The van der Waals surface area contributed by atoms with Gasteiger partial charge in [0.1, 0.15) is 16.5 Å². The zero-order valence-corrected chi connectivity index (χ0v) is 19.3. The standard InChI is InChI=1S/C21H30N6O4S/c1-3-31-19(30)18-13(2)22-21(32-18)25-20-23-16(26-9-6-14(28)7-10-26)11-17(24-20)27-8-4-5-15(29)12-27/h11,14-15,28-29H,3-10,12H2,1-2H3,(H,22,23,24,25). The molecule has 174 valence electrons. The lowest BCUT2D eigenvalue weighted by atomic mass is 10.1. The number of piperidine rings is 2. The molecule has 11 heteroatoms. The Balaban J connectivity index is 1.62. The highest BCUT2D eigenvalue weighted by Gasteiger charge is 2.24. The highest BCUT2D eigenvalue weighted by molar-refractivity contribution is 7.17. The Kier molecular flexibility index (Phi) is 7.07. The van der Waals surface area contributed by atoms with Gasteiger partial charge in [-0.2, -0.15) is 9.97 Å². The molecule has 10 nitrogen and oxygen atoms in total. The molecule has 0 radical (unpaired) electrons. The Bertz CT molecular complexity index is 946. The molecule has 2 aliphatic rings. The summed E-state index contributed by atoms with van der Waals surface area (Å²) in [5, 5.41) is 23.7. The highest BCUT2D eigenvalue weighted by atomic mass is 32.1. The summed E-state index contributed by atoms with van der Waals surface area (Å²) in [6.45, 7) is 6.61. The van der Waals surface area contributed by atoms with Gasteiger partial charge < -0.3 is 24.7 Å². The van der Waals surface area contributed by atoms with Crippen LogP contribution in [0.1, 0.15) is 48.0 Å². The van der Waals surface area contributed by atoms with Gasteiger partial charge in [0.05, 0.1) is 24.5 Å². The lowest BCUT2D eigenvalue weighted by molar-refractivity contribution is 0.0531. The van der Waals surface area contributed by atoms with E-state index in [0.29, 0.717) is 60.7 Å². The average molecular weight is 463 g/mol. The van der Waals surface area contributed by atoms with Gasteiger partial charge in [0, 0.05) is 32.2 Å². The third-order valence-corrected chi connectivity index (χ3v) is 6.74. The Labute approximate surface area is 191 Å². The molecule has 0 aliphatic carbocycles. The van der Waals surface area contributed by atoms with Gasteiger partial charge in [-0.1, -0.05) is 11.3 Å². The largest absolute Gasteiger partial charge is 0.462 e. The SMILES string of the molecule is CCOC(=O)c1sc(Nc2nc(N3CCC(O)CC3)cc(N3CCCC(O)C3)n2)nc1C. The summed E-state index contributed by atoms with van der Waals surface area (Å²) in [6, 6.07) is 1.94. The lowest BCUT2D eigenvalue weighted by Gasteiger charge is -2.33. The first kappa shape index (κ1) is 22.7. The molecular formula is C21H30N6O4S. The van der Waals surface area contributed by atoms with Crippen molar-refractivity contribution in [3.8, 4) is 0 Å². The number of thiazole rings is 1. The lowest BCUT2D eigenvalue weighted by Crippen LogP contribution is -2.39. The molecule has 0 saturated carbocycles. The number of aromatic nitrogens is 3. The van der Waals surface area contributed by atoms with Crippen LogP contribution in [-0.4, -0.2) is 76.1 Å². The summed E-state index contributed by atoms with van der Waals surface area (Å²) in [4.78, 5) is 30.6. The molecular weight excluding hydrogens is 432 g/mol. The molecule has 2 aromatic rings. The summed E-state index contributed by atoms with van der Waals surface area (Å²) < 4.78 is 5.10. The molecule has 3 N–H and O–H groups in total. The van der Waals surface area contributed by atoms with E-state index in [2.05, 4.69) is 25.1 Å². The zero-order chi connectivity index (χ0) is 22.7. The first-order chi connectivity index (χ1) is 15.4. The van der Waals surface area contributed by atoms with E-state index >= 15 is 0 Å². The van der Waals surface area contributed by atoms with Crippen LogP contribution in [-0.2, 0) is 4.74 Å². The maximum Gasteiger partial charge on any atom is 0.350 e. The van der Waals surface area contributed by atoms with Crippen LogP contribution in [0.15, 0.2) is 6.07 Å². The van der Waals surface area contributed by atoms with Crippen molar-refractivity contribution in [1.29, 1.82) is 0 Å². The number of β-amino-alcohol motifs (C(OH)–C–C–N with tert-alkyl or cyclic N) is 1. The average Bonchev–Trinajstić information content (AvgIpc) is 3.14. The van der Waals surface area contributed by atoms with Crippen molar-refractivity contribution in [2.45, 2.75) is 51.7 Å². The number of carbonyl (C=O) groups is 1. The number of aliphatic hydroxyl groups excluding tert-OH is 2. The quantitative estimate of drug-likeness (QED) is 0.550. The second-order valence-corrected chi connectivity index (χ2v) is 9.15. The number of ether oxygens (including phenoxy) is 1. The molecule has 4 heterocycles. The number of aryl methyl sites for hydroxylation is 1. The normalized spacial score (nSPS) is 19.8. The number of carbonyl (C=O) groups excluding carboxylic acids is 1. The Hall–Kier alpha value is -2.50. The van der Waals surface area contributed by atoms with Gasteiger partial charge in [-0.25, -0.2) is 9.78 Å². The maximum absolute atomic E-state index is 12.1.